The largest absolute Gasteiger partial charge is 0.236 e. The average molecular weight is 395 g/mol. The van der Waals surface area contributed by atoms with Gasteiger partial charge in [0.2, 0.25) is 0 Å². The minimum atomic E-state index is 0.844. The summed E-state index contributed by atoms with van der Waals surface area (Å²) < 4.78 is 0. The zero-order chi connectivity index (χ0) is 20.7. The molecule has 0 bridgehead atoms. The highest BCUT2D eigenvalue weighted by molar-refractivity contribution is 5.55. The van der Waals surface area contributed by atoms with Gasteiger partial charge in [-0.25, -0.2) is 9.97 Å². The summed E-state index contributed by atoms with van der Waals surface area (Å²) in [5, 5.41) is 0. The minimum absolute atomic E-state index is 0.844. The third kappa shape index (κ3) is 10.1. The van der Waals surface area contributed by atoms with Crippen molar-refractivity contribution in [2.24, 2.45) is 5.92 Å². The van der Waals surface area contributed by atoms with Gasteiger partial charge in [0.25, 0.3) is 0 Å². The number of hydrogen-bond donors (Lipinski definition) is 0. The van der Waals surface area contributed by atoms with E-state index in [4.69, 9.17) is 0 Å². The lowest BCUT2D eigenvalue weighted by Crippen LogP contribution is -1.94. The van der Waals surface area contributed by atoms with Crippen molar-refractivity contribution in [3.8, 4) is 11.4 Å². The molecule has 0 aliphatic rings. The van der Waals surface area contributed by atoms with Gasteiger partial charge in [0.05, 0.1) is 0 Å². The van der Waals surface area contributed by atoms with Crippen LogP contribution in [0.4, 0.5) is 0 Å². The minimum Gasteiger partial charge on any atom is -0.236 e. The van der Waals surface area contributed by atoms with Crippen LogP contribution in [0.25, 0.3) is 11.4 Å². The van der Waals surface area contributed by atoms with E-state index in [1.807, 2.05) is 12.4 Å². The van der Waals surface area contributed by atoms with Gasteiger partial charge in [-0.05, 0) is 42.7 Å². The highest BCUT2D eigenvalue weighted by atomic mass is 14.9. The molecular weight excluding hydrogens is 352 g/mol. The van der Waals surface area contributed by atoms with Crippen molar-refractivity contribution >= 4 is 0 Å². The topological polar surface area (TPSA) is 25.8 Å². The molecule has 160 valence electrons. The van der Waals surface area contributed by atoms with E-state index >= 15 is 0 Å². The molecule has 29 heavy (non-hydrogen) atoms. The molecule has 0 N–H and O–H groups in total. The van der Waals surface area contributed by atoms with Crippen LogP contribution < -0.4 is 0 Å². The molecule has 2 heteroatoms. The number of unbranched alkanes of at least 4 members (excludes halogenated alkanes) is 8. The normalized spacial score (nSPS) is 11.3. The number of aromatic nitrogens is 2. The Bertz CT molecular complexity index is 643. The monoisotopic (exact) mass is 394 g/mol. The van der Waals surface area contributed by atoms with Crippen LogP contribution >= 0.6 is 0 Å². The Kier molecular flexibility index (Phi) is 11.6. The first kappa shape index (κ1) is 23.6. The van der Waals surface area contributed by atoms with E-state index in [1.165, 1.54) is 88.2 Å². The first-order valence-corrected chi connectivity index (χ1v) is 12.1. The van der Waals surface area contributed by atoms with E-state index < -0.39 is 0 Å². The molecule has 1 heterocycles. The Balaban J connectivity index is 1.68. The average Bonchev–Trinajstić information content (AvgIpc) is 2.74. The summed E-state index contributed by atoms with van der Waals surface area (Å²) in [5.74, 6) is 1.69. The Hall–Kier alpha value is -1.70. The highest BCUT2D eigenvalue weighted by Gasteiger charge is 2.03. The first-order chi connectivity index (χ1) is 14.2. The van der Waals surface area contributed by atoms with Gasteiger partial charge < -0.3 is 0 Å². The number of rotatable bonds is 15. The number of aryl methyl sites for hydroxylation is 2. The number of benzene rings is 1. The molecular formula is C27H42N2. The van der Waals surface area contributed by atoms with Crippen molar-refractivity contribution in [1.29, 1.82) is 0 Å². The van der Waals surface area contributed by atoms with Gasteiger partial charge in [0.15, 0.2) is 5.82 Å². The Labute approximate surface area is 179 Å². The molecule has 2 nitrogen and oxygen atoms in total. The maximum Gasteiger partial charge on any atom is 0.159 e. The quantitative estimate of drug-likeness (QED) is 0.284. The summed E-state index contributed by atoms with van der Waals surface area (Å²) in [6, 6.07) is 8.83. The maximum atomic E-state index is 4.61. The molecule has 0 amide bonds. The first-order valence-electron chi connectivity index (χ1n) is 12.1. The van der Waals surface area contributed by atoms with Crippen molar-refractivity contribution in [3.05, 3.63) is 47.8 Å². The Morgan fingerprint density at radius 1 is 0.655 bits per heavy atom. The van der Waals surface area contributed by atoms with Crippen LogP contribution in [0.2, 0.25) is 0 Å². The fourth-order valence-electron chi connectivity index (χ4n) is 3.80. The lowest BCUT2D eigenvalue weighted by atomic mass is 10.0. The number of nitrogens with zero attached hydrogens (tertiary/aromatic N) is 2. The molecule has 2 aromatic rings. The molecule has 0 aliphatic carbocycles. The van der Waals surface area contributed by atoms with Gasteiger partial charge in [0.1, 0.15) is 0 Å². The van der Waals surface area contributed by atoms with Crippen molar-refractivity contribution in [2.45, 2.75) is 104 Å². The van der Waals surface area contributed by atoms with Gasteiger partial charge in [0, 0.05) is 18.0 Å². The SMILES string of the molecule is CCCCCCCc1ccc(-c2ncc(CCCCCCCC(C)C)cn2)cc1. The summed E-state index contributed by atoms with van der Waals surface area (Å²) in [6.07, 6.45) is 21.1. The molecule has 0 fully saturated rings. The lowest BCUT2D eigenvalue weighted by molar-refractivity contribution is 0.515. The molecule has 0 saturated carbocycles. The molecule has 0 saturated heterocycles. The van der Waals surface area contributed by atoms with Gasteiger partial charge in [-0.2, -0.15) is 0 Å². The molecule has 0 spiro atoms. The summed E-state index contributed by atoms with van der Waals surface area (Å²) in [7, 11) is 0. The maximum absolute atomic E-state index is 4.61. The van der Waals surface area contributed by atoms with Crippen molar-refractivity contribution in [2.75, 3.05) is 0 Å². The van der Waals surface area contributed by atoms with Crippen molar-refractivity contribution < 1.29 is 0 Å². The molecule has 0 aliphatic heterocycles. The van der Waals surface area contributed by atoms with E-state index in [9.17, 15) is 0 Å². The van der Waals surface area contributed by atoms with Crippen LogP contribution in [0.5, 0.6) is 0 Å². The fourth-order valence-corrected chi connectivity index (χ4v) is 3.80. The second-order valence-electron chi connectivity index (χ2n) is 8.98. The third-order valence-corrected chi connectivity index (χ3v) is 5.73. The molecule has 0 unspecified atom stereocenters. The van der Waals surface area contributed by atoms with Crippen molar-refractivity contribution in [3.63, 3.8) is 0 Å². The molecule has 0 atom stereocenters. The highest BCUT2D eigenvalue weighted by Crippen LogP contribution is 2.18. The number of hydrogen-bond acceptors (Lipinski definition) is 2. The smallest absolute Gasteiger partial charge is 0.159 e. The Morgan fingerprint density at radius 2 is 1.21 bits per heavy atom. The third-order valence-electron chi connectivity index (χ3n) is 5.73. The summed E-state index contributed by atoms with van der Waals surface area (Å²) in [4.78, 5) is 9.22. The van der Waals surface area contributed by atoms with Gasteiger partial charge in [-0.3, -0.25) is 0 Å². The van der Waals surface area contributed by atoms with Gasteiger partial charge >= 0.3 is 0 Å². The molecule has 0 radical (unpaired) electrons. The fraction of sp³-hybridized carbons (Fsp3) is 0.630. The van der Waals surface area contributed by atoms with Gasteiger partial charge in [-0.1, -0.05) is 103 Å². The van der Waals surface area contributed by atoms with Gasteiger partial charge in [-0.15, -0.1) is 0 Å². The lowest BCUT2D eigenvalue weighted by Gasteiger charge is -2.06. The van der Waals surface area contributed by atoms with E-state index in [0.717, 1.165) is 23.7 Å². The predicted molar refractivity (Wildman–Crippen MR) is 126 cm³/mol. The second-order valence-corrected chi connectivity index (χ2v) is 8.98. The zero-order valence-electron chi connectivity index (χ0n) is 19.1. The summed E-state index contributed by atoms with van der Waals surface area (Å²) in [5.41, 5.74) is 3.81. The van der Waals surface area contributed by atoms with E-state index in [-0.39, 0.29) is 0 Å². The van der Waals surface area contributed by atoms with Crippen LogP contribution in [-0.4, -0.2) is 9.97 Å². The van der Waals surface area contributed by atoms with E-state index in [2.05, 4.69) is 55.0 Å². The summed E-state index contributed by atoms with van der Waals surface area (Å²) >= 11 is 0. The van der Waals surface area contributed by atoms with E-state index in [0.29, 0.717) is 0 Å². The van der Waals surface area contributed by atoms with Crippen LogP contribution in [-0.2, 0) is 12.8 Å². The van der Waals surface area contributed by atoms with Crippen LogP contribution in [0.1, 0.15) is 103 Å². The zero-order valence-corrected chi connectivity index (χ0v) is 19.1. The van der Waals surface area contributed by atoms with Crippen molar-refractivity contribution in [1.82, 2.24) is 9.97 Å². The predicted octanol–water partition coefficient (Wildman–Crippen LogP) is 8.20. The van der Waals surface area contributed by atoms with Crippen LogP contribution in [0, 0.1) is 5.92 Å². The Morgan fingerprint density at radius 3 is 1.83 bits per heavy atom. The van der Waals surface area contributed by atoms with Crippen LogP contribution in [0.15, 0.2) is 36.7 Å². The molecule has 1 aromatic heterocycles. The van der Waals surface area contributed by atoms with E-state index in [1.54, 1.807) is 0 Å². The second kappa shape index (κ2) is 14.3. The summed E-state index contributed by atoms with van der Waals surface area (Å²) in [6.45, 7) is 6.89. The standard InChI is InChI=1S/C27H42N2/c1-4-5-6-8-12-15-24-17-19-26(20-18-24)27-28-21-25(22-29-27)16-13-10-7-9-11-14-23(2)3/h17-23H,4-16H2,1-3H3. The molecule has 2 rings (SSSR count). The van der Waals surface area contributed by atoms with Crippen LogP contribution in [0.3, 0.4) is 0 Å². The molecule has 1 aromatic carbocycles.